The van der Waals surface area contributed by atoms with Crippen LogP contribution >= 0.6 is 0 Å². The summed E-state index contributed by atoms with van der Waals surface area (Å²) in [6.45, 7) is 5.16. The third-order valence-electron chi connectivity index (χ3n) is 3.64. The molecule has 0 spiro atoms. The van der Waals surface area contributed by atoms with Crippen molar-refractivity contribution in [2.45, 2.75) is 26.4 Å². The van der Waals surface area contributed by atoms with Crippen molar-refractivity contribution in [1.29, 1.82) is 0 Å². The molecule has 0 saturated carbocycles. The number of ketones is 1. The van der Waals surface area contributed by atoms with Crippen molar-refractivity contribution in [3.8, 4) is 5.75 Å². The number of hydrogen-bond donors (Lipinski definition) is 1. The molecule has 2 rings (SSSR count). The van der Waals surface area contributed by atoms with E-state index in [-0.39, 0.29) is 12.4 Å². The number of esters is 1. The lowest BCUT2D eigenvalue weighted by atomic mass is 10.1. The van der Waals surface area contributed by atoms with E-state index in [0.717, 1.165) is 13.2 Å². The summed E-state index contributed by atoms with van der Waals surface area (Å²) in [6.07, 6.45) is 1.37. The average Bonchev–Trinajstić information content (AvgIpc) is 3.03. The Hall–Kier alpha value is -3.33. The van der Waals surface area contributed by atoms with Crippen LogP contribution in [0.15, 0.2) is 30.5 Å². The second kappa shape index (κ2) is 8.78. The molecule has 29 heavy (non-hydrogen) atoms. The summed E-state index contributed by atoms with van der Waals surface area (Å²) in [5.74, 6) is -2.28. The summed E-state index contributed by atoms with van der Waals surface area (Å²) in [4.78, 5) is 35.7. The highest BCUT2D eigenvalue weighted by Gasteiger charge is 2.23. The maximum absolute atomic E-state index is 12.6. The van der Waals surface area contributed by atoms with E-state index in [1.54, 1.807) is 39.0 Å². The molecule has 0 atom stereocenters. The van der Waals surface area contributed by atoms with E-state index in [9.17, 15) is 19.5 Å². The molecule has 9 heteroatoms. The second-order valence-corrected chi connectivity index (χ2v) is 7.01. The zero-order valence-electron chi connectivity index (χ0n) is 16.8. The smallest absolute Gasteiger partial charge is 0.419 e. The molecule has 0 amide bonds. The van der Waals surface area contributed by atoms with Crippen molar-refractivity contribution in [3.63, 3.8) is 0 Å². The van der Waals surface area contributed by atoms with E-state index < -0.39 is 29.2 Å². The van der Waals surface area contributed by atoms with Crippen molar-refractivity contribution < 1.29 is 38.4 Å². The number of benzene rings is 1. The topological polar surface area (TPSA) is 113 Å². The van der Waals surface area contributed by atoms with Gasteiger partial charge in [-0.25, -0.2) is 9.59 Å². The number of nitrogens with zero attached hydrogens (tertiary/aromatic N) is 1. The number of aliphatic hydroxyl groups is 1. The van der Waals surface area contributed by atoms with E-state index in [0.29, 0.717) is 16.7 Å². The Balaban J connectivity index is 2.59. The molecule has 0 saturated heterocycles. The predicted octanol–water partition coefficient (Wildman–Crippen LogP) is 3.05. The highest BCUT2D eigenvalue weighted by Crippen LogP contribution is 2.30. The van der Waals surface area contributed by atoms with Gasteiger partial charge in [-0.15, -0.1) is 0 Å². The van der Waals surface area contributed by atoms with Crippen LogP contribution in [0.4, 0.5) is 4.79 Å². The lowest BCUT2D eigenvalue weighted by Gasteiger charge is -2.19. The van der Waals surface area contributed by atoms with Crippen LogP contribution in [0, 0.1) is 0 Å². The van der Waals surface area contributed by atoms with E-state index in [4.69, 9.17) is 14.2 Å². The van der Waals surface area contributed by atoms with Crippen molar-refractivity contribution in [2.24, 2.45) is 0 Å². The molecule has 2 aromatic rings. The largest absolute Gasteiger partial charge is 0.507 e. The molecule has 1 aromatic carbocycles. The Bertz CT molecular complexity index is 965. The number of methoxy groups -OCH3 is 2. The maximum Gasteiger partial charge on any atom is 0.419 e. The van der Waals surface area contributed by atoms with Gasteiger partial charge in [-0.2, -0.15) is 0 Å². The molecule has 0 aliphatic heterocycles. The molecule has 0 radical (unpaired) electrons. The third kappa shape index (κ3) is 5.35. The van der Waals surface area contributed by atoms with Gasteiger partial charge in [-0.1, -0.05) is 0 Å². The minimum absolute atomic E-state index is 0.00371. The summed E-state index contributed by atoms with van der Waals surface area (Å²) in [5.41, 5.74) is -0.205. The van der Waals surface area contributed by atoms with Gasteiger partial charge in [0.05, 0.1) is 12.6 Å². The van der Waals surface area contributed by atoms with Crippen molar-refractivity contribution in [3.05, 3.63) is 36.0 Å². The fourth-order valence-electron chi connectivity index (χ4n) is 2.45. The molecular formula is C20H23NO8. The molecule has 0 aliphatic carbocycles. The van der Waals surface area contributed by atoms with Crippen LogP contribution in [0.3, 0.4) is 0 Å². The van der Waals surface area contributed by atoms with Crippen molar-refractivity contribution in [2.75, 3.05) is 21.0 Å². The van der Waals surface area contributed by atoms with Crippen LogP contribution in [0.1, 0.15) is 26.3 Å². The minimum atomic E-state index is -1.13. The van der Waals surface area contributed by atoms with E-state index in [2.05, 4.69) is 4.74 Å². The van der Waals surface area contributed by atoms with Gasteiger partial charge < -0.3 is 24.1 Å². The van der Waals surface area contributed by atoms with Gasteiger partial charge in [0.25, 0.3) is 5.78 Å². The van der Waals surface area contributed by atoms with Crippen LogP contribution < -0.4 is 4.74 Å². The minimum Gasteiger partial charge on any atom is -0.507 e. The highest BCUT2D eigenvalue weighted by molar-refractivity contribution is 6.39. The Morgan fingerprint density at radius 3 is 2.45 bits per heavy atom. The zero-order valence-corrected chi connectivity index (χ0v) is 16.8. The molecule has 9 nitrogen and oxygen atoms in total. The lowest BCUT2D eigenvalue weighted by Crippen LogP contribution is -2.26. The zero-order chi connectivity index (χ0) is 21.8. The van der Waals surface area contributed by atoms with Gasteiger partial charge in [0.2, 0.25) is 0 Å². The molecule has 0 fully saturated rings. The first-order valence-corrected chi connectivity index (χ1v) is 8.61. The van der Waals surface area contributed by atoms with Gasteiger partial charge in [0.1, 0.15) is 17.1 Å². The molecule has 0 unspecified atom stereocenters. The molecular weight excluding hydrogens is 382 g/mol. The first kappa shape index (κ1) is 22.0. The number of aliphatic hydroxyl groups excluding tert-OH is 1. The number of carbonyl (C=O) groups is 3. The first-order chi connectivity index (χ1) is 13.6. The Morgan fingerprint density at radius 1 is 1.17 bits per heavy atom. The number of fused-ring (bicyclic) bond motifs is 1. The first-order valence-electron chi connectivity index (χ1n) is 8.61. The second-order valence-electron chi connectivity index (χ2n) is 7.01. The summed E-state index contributed by atoms with van der Waals surface area (Å²) in [7, 11) is 2.52. The fraction of sp³-hybridized carbons (Fsp3) is 0.350. The number of carbonyl (C=O) groups excluding carboxylic acids is 3. The van der Waals surface area contributed by atoms with Crippen molar-refractivity contribution >= 4 is 34.5 Å². The average molecular weight is 405 g/mol. The molecule has 156 valence electrons. The molecule has 1 heterocycles. The van der Waals surface area contributed by atoms with Gasteiger partial charge in [-0.3, -0.25) is 9.36 Å². The monoisotopic (exact) mass is 405 g/mol. The Labute approximate surface area is 167 Å². The molecule has 1 N–H and O–H groups in total. The highest BCUT2D eigenvalue weighted by atomic mass is 16.7. The van der Waals surface area contributed by atoms with Crippen LogP contribution in [-0.4, -0.2) is 54.1 Å². The number of rotatable bonds is 6. The quantitative estimate of drug-likeness (QED) is 0.256. The maximum atomic E-state index is 12.6. The predicted molar refractivity (Wildman–Crippen MR) is 104 cm³/mol. The van der Waals surface area contributed by atoms with Crippen LogP contribution in [-0.2, 0) is 23.8 Å². The lowest BCUT2D eigenvalue weighted by molar-refractivity contribution is -0.149. The summed E-state index contributed by atoms with van der Waals surface area (Å²) < 4.78 is 21.2. The normalized spacial score (nSPS) is 12.0. The molecule has 0 aliphatic rings. The van der Waals surface area contributed by atoms with Gasteiger partial charge in [0, 0.05) is 30.3 Å². The summed E-state index contributed by atoms with van der Waals surface area (Å²) in [6, 6.07) is 4.78. The van der Waals surface area contributed by atoms with Crippen LogP contribution in [0.2, 0.25) is 0 Å². The van der Waals surface area contributed by atoms with Gasteiger partial charge in [0.15, 0.2) is 6.79 Å². The third-order valence-corrected chi connectivity index (χ3v) is 3.64. The van der Waals surface area contributed by atoms with E-state index in [1.807, 2.05) is 0 Å². The number of hydrogen-bond acceptors (Lipinski definition) is 8. The van der Waals surface area contributed by atoms with E-state index >= 15 is 0 Å². The van der Waals surface area contributed by atoms with Gasteiger partial charge >= 0.3 is 12.1 Å². The van der Waals surface area contributed by atoms with Crippen LogP contribution in [0.25, 0.3) is 16.7 Å². The number of aromatic nitrogens is 1. The Kier molecular flexibility index (Phi) is 6.65. The summed E-state index contributed by atoms with van der Waals surface area (Å²) in [5, 5.41) is 10.8. The van der Waals surface area contributed by atoms with E-state index in [1.165, 1.54) is 17.9 Å². The SMILES string of the molecule is COCOc1ccc2c(c1)c(C(O)=CC(=O)C(=O)OC)cn2C(=O)OC(C)(C)C. The molecule has 1 aromatic heterocycles. The van der Waals surface area contributed by atoms with Crippen molar-refractivity contribution in [1.82, 2.24) is 4.57 Å². The summed E-state index contributed by atoms with van der Waals surface area (Å²) >= 11 is 0. The van der Waals surface area contributed by atoms with Crippen LogP contribution in [0.5, 0.6) is 5.75 Å². The number of ether oxygens (including phenoxy) is 4. The fourth-order valence-corrected chi connectivity index (χ4v) is 2.45. The Morgan fingerprint density at radius 2 is 1.86 bits per heavy atom. The molecule has 0 bridgehead atoms. The van der Waals surface area contributed by atoms with Gasteiger partial charge in [-0.05, 0) is 39.0 Å². The standard InChI is InChI=1S/C20H23NO8/c1-20(2,3)29-19(25)21-10-14(16(22)9-17(23)18(24)27-5)13-8-12(28-11-26-4)6-7-15(13)21/h6-10,22H,11H2,1-5H3.